The molecular weight excluding hydrogens is 402 g/mol. The lowest BCUT2D eigenvalue weighted by Crippen LogP contribution is -2.43. The van der Waals surface area contributed by atoms with Gasteiger partial charge in [-0.15, -0.1) is 0 Å². The lowest BCUT2D eigenvalue weighted by molar-refractivity contribution is -0.137. The molecule has 0 unspecified atom stereocenters. The van der Waals surface area contributed by atoms with E-state index in [4.69, 9.17) is 0 Å². The zero-order valence-electron chi connectivity index (χ0n) is 17.8. The predicted molar refractivity (Wildman–Crippen MR) is 115 cm³/mol. The van der Waals surface area contributed by atoms with E-state index in [2.05, 4.69) is 10.1 Å². The van der Waals surface area contributed by atoms with E-state index >= 15 is 0 Å². The Morgan fingerprint density at radius 2 is 1.77 bits per heavy atom. The summed E-state index contributed by atoms with van der Waals surface area (Å²) in [5, 5.41) is 2.90. The number of hydrogen-bond acceptors (Lipinski definition) is 3. The van der Waals surface area contributed by atoms with Crippen LogP contribution in [0.4, 0.5) is 14.5 Å². The molecule has 1 saturated heterocycles. The van der Waals surface area contributed by atoms with Crippen LogP contribution in [-0.4, -0.2) is 36.4 Å². The van der Waals surface area contributed by atoms with Gasteiger partial charge in [0.15, 0.2) is 0 Å². The summed E-state index contributed by atoms with van der Waals surface area (Å²) in [5.74, 6) is -0.158. The number of likely N-dealkylation sites (tertiary alicyclic amines) is 1. The van der Waals surface area contributed by atoms with Crippen molar-refractivity contribution in [2.24, 2.45) is 11.8 Å². The fourth-order valence-electron chi connectivity index (χ4n) is 3.79. The normalized spacial score (nSPS) is 14.7. The minimum atomic E-state index is -2.92. The van der Waals surface area contributed by atoms with Crippen molar-refractivity contribution >= 4 is 17.5 Å². The van der Waals surface area contributed by atoms with Gasteiger partial charge in [-0.2, -0.15) is 8.78 Å². The molecule has 2 aromatic carbocycles. The first-order valence-electron chi connectivity index (χ1n) is 10.5. The zero-order chi connectivity index (χ0) is 22.4. The molecule has 1 fully saturated rings. The first-order valence-corrected chi connectivity index (χ1v) is 10.5. The maximum Gasteiger partial charge on any atom is 0.387 e. The summed E-state index contributed by atoms with van der Waals surface area (Å²) in [6.07, 6.45) is 1.61. The summed E-state index contributed by atoms with van der Waals surface area (Å²) in [6, 6.07) is 14.2. The fourth-order valence-corrected chi connectivity index (χ4v) is 3.79. The third-order valence-electron chi connectivity index (χ3n) is 5.45. The molecule has 0 bridgehead atoms. The molecule has 7 heteroatoms. The molecule has 0 spiro atoms. The Morgan fingerprint density at radius 1 is 1.10 bits per heavy atom. The monoisotopic (exact) mass is 430 g/mol. The molecule has 1 aliphatic heterocycles. The largest absolute Gasteiger partial charge is 0.435 e. The first kappa shape index (κ1) is 22.7. The molecule has 0 radical (unpaired) electrons. The zero-order valence-corrected chi connectivity index (χ0v) is 17.8. The van der Waals surface area contributed by atoms with E-state index in [1.165, 1.54) is 6.07 Å². The van der Waals surface area contributed by atoms with Gasteiger partial charge in [0.05, 0.1) is 0 Å². The van der Waals surface area contributed by atoms with Crippen LogP contribution in [0.1, 0.15) is 37.8 Å². The molecule has 3 rings (SSSR count). The summed E-state index contributed by atoms with van der Waals surface area (Å²) < 4.78 is 30.3. The molecule has 166 valence electrons. The van der Waals surface area contributed by atoms with Gasteiger partial charge in [-0.05, 0) is 36.6 Å². The highest BCUT2D eigenvalue weighted by Gasteiger charge is 2.28. The van der Waals surface area contributed by atoms with Crippen LogP contribution in [-0.2, 0) is 16.0 Å². The molecular formula is C24H28F2N2O3. The minimum absolute atomic E-state index is 0.0533. The molecule has 0 aromatic heterocycles. The maximum absolute atomic E-state index is 12.8. The van der Waals surface area contributed by atoms with Gasteiger partial charge in [-0.1, -0.05) is 44.2 Å². The number of anilines is 1. The summed E-state index contributed by atoms with van der Waals surface area (Å²) >= 11 is 0. The van der Waals surface area contributed by atoms with Crippen LogP contribution in [0.25, 0.3) is 0 Å². The molecule has 31 heavy (non-hydrogen) atoms. The Labute approximate surface area is 181 Å². The molecule has 0 saturated carbocycles. The Balaban J connectivity index is 1.67. The smallest absolute Gasteiger partial charge is 0.387 e. The van der Waals surface area contributed by atoms with Gasteiger partial charge in [-0.3, -0.25) is 9.59 Å². The Hall–Kier alpha value is -2.96. The van der Waals surface area contributed by atoms with Gasteiger partial charge in [-0.25, -0.2) is 0 Å². The molecule has 2 aromatic rings. The highest BCUT2D eigenvalue weighted by Crippen LogP contribution is 2.28. The second-order valence-corrected chi connectivity index (χ2v) is 8.11. The number of alkyl halides is 2. The lowest BCUT2D eigenvalue weighted by atomic mass is 9.95. The van der Waals surface area contributed by atoms with Crippen molar-refractivity contribution < 1.29 is 23.1 Å². The maximum atomic E-state index is 12.8. The van der Waals surface area contributed by atoms with E-state index in [9.17, 15) is 18.4 Å². The van der Waals surface area contributed by atoms with E-state index in [-0.39, 0.29) is 29.4 Å². The van der Waals surface area contributed by atoms with Crippen LogP contribution in [0.2, 0.25) is 0 Å². The summed E-state index contributed by atoms with van der Waals surface area (Å²) in [7, 11) is 0. The van der Waals surface area contributed by atoms with Gasteiger partial charge >= 0.3 is 6.61 Å². The van der Waals surface area contributed by atoms with Crippen molar-refractivity contribution in [1.82, 2.24) is 4.90 Å². The highest BCUT2D eigenvalue weighted by molar-refractivity contribution is 5.93. The van der Waals surface area contributed by atoms with Crippen LogP contribution >= 0.6 is 0 Å². The minimum Gasteiger partial charge on any atom is -0.435 e. The predicted octanol–water partition coefficient (Wildman–Crippen LogP) is 4.71. The van der Waals surface area contributed by atoms with E-state index < -0.39 is 6.61 Å². The third kappa shape index (κ3) is 6.26. The van der Waals surface area contributed by atoms with Crippen molar-refractivity contribution in [2.45, 2.75) is 39.7 Å². The summed E-state index contributed by atoms with van der Waals surface area (Å²) in [4.78, 5) is 26.7. The number of carbonyl (C=O) groups excluding carboxylic acids is 2. The Morgan fingerprint density at radius 3 is 2.39 bits per heavy atom. The van der Waals surface area contributed by atoms with Crippen molar-refractivity contribution in [3.63, 3.8) is 0 Å². The number of hydrogen-bond donors (Lipinski definition) is 1. The van der Waals surface area contributed by atoms with E-state index in [1.807, 2.05) is 49.1 Å². The summed E-state index contributed by atoms with van der Waals surface area (Å²) in [5.41, 5.74) is 2.06. The van der Waals surface area contributed by atoms with Crippen LogP contribution in [0.15, 0.2) is 48.5 Å². The number of ether oxygens (including phenoxy) is 1. The van der Waals surface area contributed by atoms with Crippen LogP contribution < -0.4 is 10.1 Å². The van der Waals surface area contributed by atoms with E-state index in [1.54, 1.807) is 12.1 Å². The third-order valence-corrected chi connectivity index (χ3v) is 5.45. The van der Waals surface area contributed by atoms with Crippen LogP contribution in [0, 0.1) is 11.8 Å². The van der Waals surface area contributed by atoms with Gasteiger partial charge in [0.25, 0.3) is 0 Å². The van der Waals surface area contributed by atoms with Gasteiger partial charge in [0.1, 0.15) is 5.75 Å². The fraction of sp³-hybridized carbons (Fsp3) is 0.417. The molecule has 0 aliphatic carbocycles. The lowest BCUT2D eigenvalue weighted by Gasteiger charge is -2.32. The van der Waals surface area contributed by atoms with Crippen molar-refractivity contribution in [1.29, 1.82) is 0 Å². The molecule has 5 nitrogen and oxygen atoms in total. The molecule has 2 amide bonds. The molecule has 0 atom stereocenters. The number of benzene rings is 2. The van der Waals surface area contributed by atoms with E-state index in [0.717, 1.165) is 5.56 Å². The highest BCUT2D eigenvalue weighted by atomic mass is 19.3. The Bertz CT molecular complexity index is 895. The van der Waals surface area contributed by atoms with Crippen molar-refractivity contribution in [2.75, 3.05) is 18.4 Å². The second-order valence-electron chi connectivity index (χ2n) is 8.11. The molecule has 1 heterocycles. The van der Waals surface area contributed by atoms with Gasteiger partial charge < -0.3 is 15.0 Å². The SMILES string of the molecule is CC(C)C(=O)N1CCC(C(=O)Nc2ccc(OC(F)F)c(Cc3ccccc3)c2)CC1. The summed E-state index contributed by atoms with van der Waals surface area (Å²) in [6.45, 7) is 1.95. The molecule has 1 N–H and O–H groups in total. The van der Waals surface area contributed by atoms with E-state index in [0.29, 0.717) is 43.6 Å². The quantitative estimate of drug-likeness (QED) is 0.692. The number of nitrogens with one attached hydrogen (secondary N) is 1. The standard InChI is InChI=1S/C24H28F2N2O3/c1-16(2)23(30)28-12-10-18(11-13-28)22(29)27-20-8-9-21(31-24(25)26)19(15-20)14-17-6-4-3-5-7-17/h3-9,15-16,18,24H,10-14H2,1-2H3,(H,27,29). The number of rotatable bonds is 7. The second kappa shape index (κ2) is 10.4. The van der Waals surface area contributed by atoms with Gasteiger partial charge in [0.2, 0.25) is 11.8 Å². The number of halogens is 2. The number of carbonyl (C=O) groups is 2. The first-order chi connectivity index (χ1) is 14.8. The Kier molecular flexibility index (Phi) is 7.60. The number of nitrogens with zero attached hydrogens (tertiary/aromatic N) is 1. The van der Waals surface area contributed by atoms with Crippen molar-refractivity contribution in [3.05, 3.63) is 59.7 Å². The van der Waals surface area contributed by atoms with Gasteiger partial charge in [0, 0.05) is 42.6 Å². The molecule has 1 aliphatic rings. The topological polar surface area (TPSA) is 58.6 Å². The number of amides is 2. The number of piperidine rings is 1. The van der Waals surface area contributed by atoms with Crippen LogP contribution in [0.3, 0.4) is 0 Å². The average Bonchev–Trinajstić information content (AvgIpc) is 2.75. The average molecular weight is 430 g/mol. The van der Waals surface area contributed by atoms with Crippen LogP contribution in [0.5, 0.6) is 5.75 Å². The van der Waals surface area contributed by atoms with Crippen molar-refractivity contribution in [3.8, 4) is 5.75 Å².